The van der Waals surface area contributed by atoms with Gasteiger partial charge >= 0.3 is 6.18 Å². The maximum Gasteiger partial charge on any atom is 0.416 e. The highest BCUT2D eigenvalue weighted by atomic mass is 32.2. The van der Waals surface area contributed by atoms with Gasteiger partial charge in [0.25, 0.3) is 11.1 Å². The number of benzene rings is 1. The Morgan fingerprint density at radius 2 is 1.85 bits per heavy atom. The first kappa shape index (κ1) is 19.0. The van der Waals surface area contributed by atoms with Gasteiger partial charge in [-0.05, 0) is 44.2 Å². The predicted octanol–water partition coefficient (Wildman–Crippen LogP) is 4.70. The van der Waals surface area contributed by atoms with E-state index in [-0.39, 0.29) is 22.6 Å². The van der Waals surface area contributed by atoms with Crippen molar-refractivity contribution in [3.05, 3.63) is 47.4 Å². The number of amides is 1. The number of alkyl halides is 3. The number of anilines is 1. The van der Waals surface area contributed by atoms with Crippen LogP contribution in [-0.4, -0.2) is 21.9 Å². The molecule has 6 nitrogen and oxygen atoms in total. The number of nitrogens with one attached hydrogen (secondary N) is 1. The molecule has 0 saturated carbocycles. The SMILES string of the molecule is Cc1cc(-c2nnc(SCC(=O)Nc3ccc(C(F)(F)F)cc3)o2)c(C)o1. The number of hydrogen-bond acceptors (Lipinski definition) is 6. The van der Waals surface area contributed by atoms with Crippen molar-refractivity contribution in [2.75, 3.05) is 11.1 Å². The highest BCUT2D eigenvalue weighted by Gasteiger charge is 2.30. The number of thioether (sulfide) groups is 1. The van der Waals surface area contributed by atoms with E-state index in [1.54, 1.807) is 19.9 Å². The van der Waals surface area contributed by atoms with Gasteiger partial charge in [0.1, 0.15) is 11.5 Å². The number of carbonyl (C=O) groups is 1. The van der Waals surface area contributed by atoms with E-state index in [4.69, 9.17) is 8.83 Å². The molecule has 0 aliphatic rings. The molecule has 1 aromatic carbocycles. The zero-order chi connectivity index (χ0) is 19.6. The van der Waals surface area contributed by atoms with Gasteiger partial charge in [-0.1, -0.05) is 11.8 Å². The summed E-state index contributed by atoms with van der Waals surface area (Å²) >= 11 is 1.02. The Morgan fingerprint density at radius 1 is 1.15 bits per heavy atom. The molecule has 0 saturated heterocycles. The summed E-state index contributed by atoms with van der Waals surface area (Å²) in [5.74, 6) is 1.20. The fourth-order valence-corrected chi connectivity index (χ4v) is 2.85. The highest BCUT2D eigenvalue weighted by Crippen LogP contribution is 2.30. The predicted molar refractivity (Wildman–Crippen MR) is 92.3 cm³/mol. The van der Waals surface area contributed by atoms with Crippen molar-refractivity contribution >= 4 is 23.4 Å². The van der Waals surface area contributed by atoms with Gasteiger partial charge in [0, 0.05) is 5.69 Å². The van der Waals surface area contributed by atoms with Crippen LogP contribution in [0, 0.1) is 13.8 Å². The lowest BCUT2D eigenvalue weighted by Gasteiger charge is -2.08. The first-order valence-electron chi connectivity index (χ1n) is 7.73. The maximum absolute atomic E-state index is 12.5. The Bertz CT molecular complexity index is 948. The van der Waals surface area contributed by atoms with Crippen molar-refractivity contribution in [3.63, 3.8) is 0 Å². The van der Waals surface area contributed by atoms with E-state index in [1.807, 2.05) is 0 Å². The Morgan fingerprint density at radius 3 is 2.44 bits per heavy atom. The first-order valence-corrected chi connectivity index (χ1v) is 8.72. The maximum atomic E-state index is 12.5. The molecule has 3 aromatic rings. The average molecular weight is 397 g/mol. The third-order valence-electron chi connectivity index (χ3n) is 3.50. The first-order chi connectivity index (χ1) is 12.7. The molecule has 0 bridgehead atoms. The van der Waals surface area contributed by atoms with Gasteiger partial charge in [0.05, 0.1) is 16.9 Å². The summed E-state index contributed by atoms with van der Waals surface area (Å²) in [6.45, 7) is 3.57. The number of aryl methyl sites for hydroxylation is 2. The molecule has 10 heteroatoms. The molecular weight excluding hydrogens is 383 g/mol. The van der Waals surface area contributed by atoms with E-state index < -0.39 is 17.6 Å². The molecule has 0 fully saturated rings. The monoisotopic (exact) mass is 397 g/mol. The largest absolute Gasteiger partial charge is 0.466 e. The van der Waals surface area contributed by atoms with E-state index in [9.17, 15) is 18.0 Å². The smallest absolute Gasteiger partial charge is 0.416 e. The van der Waals surface area contributed by atoms with Gasteiger partial charge < -0.3 is 14.2 Å². The van der Waals surface area contributed by atoms with Crippen molar-refractivity contribution in [1.82, 2.24) is 10.2 Å². The van der Waals surface area contributed by atoms with Crippen molar-refractivity contribution in [1.29, 1.82) is 0 Å². The average Bonchev–Trinajstić information content (AvgIpc) is 3.18. The number of halogens is 3. The van der Waals surface area contributed by atoms with E-state index in [0.717, 1.165) is 23.9 Å². The minimum Gasteiger partial charge on any atom is -0.466 e. The number of carbonyl (C=O) groups excluding carboxylic acids is 1. The summed E-state index contributed by atoms with van der Waals surface area (Å²) in [5.41, 5.74) is 0.170. The van der Waals surface area contributed by atoms with Crippen molar-refractivity contribution in [2.45, 2.75) is 25.2 Å². The molecule has 1 amide bonds. The summed E-state index contributed by atoms with van der Waals surface area (Å²) in [4.78, 5) is 11.9. The summed E-state index contributed by atoms with van der Waals surface area (Å²) in [6.07, 6.45) is -4.42. The van der Waals surface area contributed by atoms with Crippen LogP contribution in [0.2, 0.25) is 0 Å². The lowest BCUT2D eigenvalue weighted by molar-refractivity contribution is -0.137. The van der Waals surface area contributed by atoms with Crippen LogP contribution in [0.25, 0.3) is 11.5 Å². The van der Waals surface area contributed by atoms with E-state index in [1.165, 1.54) is 12.1 Å². The second-order valence-electron chi connectivity index (χ2n) is 5.61. The summed E-state index contributed by atoms with van der Waals surface area (Å²) in [7, 11) is 0. The Balaban J connectivity index is 1.56. The number of rotatable bonds is 5. The third kappa shape index (κ3) is 4.70. The summed E-state index contributed by atoms with van der Waals surface area (Å²) in [5, 5.41) is 10.5. The molecule has 3 rings (SSSR count). The molecule has 0 aliphatic heterocycles. The normalized spacial score (nSPS) is 11.6. The molecule has 0 spiro atoms. The van der Waals surface area contributed by atoms with Crippen LogP contribution >= 0.6 is 11.8 Å². The summed E-state index contributed by atoms with van der Waals surface area (Å²) < 4.78 is 48.5. The van der Waals surface area contributed by atoms with Crippen LogP contribution in [0.1, 0.15) is 17.1 Å². The quantitative estimate of drug-likeness (QED) is 0.629. The fraction of sp³-hybridized carbons (Fsp3) is 0.235. The fourth-order valence-electron chi connectivity index (χ4n) is 2.29. The number of hydrogen-bond donors (Lipinski definition) is 1. The zero-order valence-corrected chi connectivity index (χ0v) is 15.1. The molecule has 2 heterocycles. The van der Waals surface area contributed by atoms with Crippen molar-refractivity contribution in [3.8, 4) is 11.5 Å². The van der Waals surface area contributed by atoms with Gasteiger partial charge in [-0.15, -0.1) is 10.2 Å². The minimum atomic E-state index is -4.42. The number of aromatic nitrogens is 2. The van der Waals surface area contributed by atoms with Crippen LogP contribution in [0.3, 0.4) is 0 Å². The zero-order valence-electron chi connectivity index (χ0n) is 14.3. The van der Waals surface area contributed by atoms with Crippen LogP contribution in [0.4, 0.5) is 18.9 Å². The lowest BCUT2D eigenvalue weighted by Crippen LogP contribution is -2.14. The molecule has 142 valence electrons. The Labute approximate surface area is 156 Å². The summed E-state index contributed by atoms with van der Waals surface area (Å²) in [6, 6.07) is 5.97. The van der Waals surface area contributed by atoms with Gasteiger partial charge in [-0.3, -0.25) is 4.79 Å². The molecule has 0 aliphatic carbocycles. The van der Waals surface area contributed by atoms with Gasteiger partial charge in [0.15, 0.2) is 0 Å². The molecule has 0 unspecified atom stereocenters. The molecule has 0 radical (unpaired) electrons. The minimum absolute atomic E-state index is 0.0357. The number of nitrogens with zero attached hydrogens (tertiary/aromatic N) is 2. The molecular formula is C17H14F3N3O3S. The van der Waals surface area contributed by atoms with Crippen LogP contribution in [-0.2, 0) is 11.0 Å². The second kappa shape index (κ2) is 7.47. The second-order valence-corrected chi connectivity index (χ2v) is 6.54. The number of furan rings is 1. The highest BCUT2D eigenvalue weighted by molar-refractivity contribution is 7.99. The molecule has 1 N–H and O–H groups in total. The van der Waals surface area contributed by atoms with E-state index in [0.29, 0.717) is 17.1 Å². The molecule has 0 atom stereocenters. The van der Waals surface area contributed by atoms with Crippen molar-refractivity contribution in [2.24, 2.45) is 0 Å². The molecule has 2 aromatic heterocycles. The van der Waals surface area contributed by atoms with Crippen LogP contribution < -0.4 is 5.32 Å². The van der Waals surface area contributed by atoms with Gasteiger partial charge in [0.2, 0.25) is 5.91 Å². The van der Waals surface area contributed by atoms with Crippen LogP contribution in [0.5, 0.6) is 0 Å². The Hall–Kier alpha value is -2.75. The lowest BCUT2D eigenvalue weighted by atomic mass is 10.2. The van der Waals surface area contributed by atoms with Crippen LogP contribution in [0.15, 0.2) is 44.4 Å². The standard InChI is InChI=1S/C17H14F3N3O3S/c1-9-7-13(10(2)25-9)15-22-23-16(26-15)27-8-14(24)21-12-5-3-11(4-6-12)17(18,19)20/h3-7H,8H2,1-2H3,(H,21,24). The van der Waals surface area contributed by atoms with Gasteiger partial charge in [-0.25, -0.2) is 0 Å². The Kier molecular flexibility index (Phi) is 5.26. The topological polar surface area (TPSA) is 81.2 Å². The molecule has 27 heavy (non-hydrogen) atoms. The van der Waals surface area contributed by atoms with E-state index >= 15 is 0 Å². The van der Waals surface area contributed by atoms with E-state index in [2.05, 4.69) is 15.5 Å². The van der Waals surface area contributed by atoms with Gasteiger partial charge in [-0.2, -0.15) is 13.2 Å². The van der Waals surface area contributed by atoms with Crippen molar-refractivity contribution < 1.29 is 26.8 Å². The third-order valence-corrected chi connectivity index (χ3v) is 4.32.